The van der Waals surface area contributed by atoms with Gasteiger partial charge in [-0.25, -0.2) is 9.78 Å². The van der Waals surface area contributed by atoms with Gasteiger partial charge in [0.15, 0.2) is 0 Å². The van der Waals surface area contributed by atoms with Crippen LogP contribution in [0, 0.1) is 0 Å². The van der Waals surface area contributed by atoms with Crippen molar-refractivity contribution in [3.63, 3.8) is 0 Å². The van der Waals surface area contributed by atoms with Gasteiger partial charge in [0.2, 0.25) is 0 Å². The first kappa shape index (κ1) is 17.3. The zero-order valence-electron chi connectivity index (χ0n) is 12.5. The minimum atomic E-state index is -4.36. The molecule has 0 aliphatic carbocycles. The fourth-order valence-electron chi connectivity index (χ4n) is 1.90. The number of rotatable bonds is 5. The van der Waals surface area contributed by atoms with Gasteiger partial charge in [0, 0.05) is 17.8 Å². The molecule has 1 atom stereocenters. The van der Waals surface area contributed by atoms with Crippen molar-refractivity contribution in [1.82, 2.24) is 20.1 Å². The summed E-state index contributed by atoms with van der Waals surface area (Å²) in [4.78, 5) is 16.3. The van der Waals surface area contributed by atoms with Crippen LogP contribution in [0.15, 0.2) is 24.0 Å². The minimum Gasteiger partial charge on any atom is -0.326 e. The Morgan fingerprint density at radius 1 is 1.43 bits per heavy atom. The Morgan fingerprint density at radius 2 is 2.17 bits per heavy atom. The molecule has 0 aliphatic heterocycles. The Kier molecular flexibility index (Phi) is 4.93. The molecule has 10 heteroatoms. The molecule has 2 aromatic heterocycles. The van der Waals surface area contributed by atoms with E-state index in [0.29, 0.717) is 6.42 Å². The van der Waals surface area contributed by atoms with E-state index in [1.807, 2.05) is 19.2 Å². The van der Waals surface area contributed by atoms with Crippen LogP contribution in [0.2, 0.25) is 0 Å². The Morgan fingerprint density at radius 3 is 2.74 bits per heavy atom. The highest BCUT2D eigenvalue weighted by molar-refractivity contribution is 7.09. The predicted molar refractivity (Wildman–Crippen MR) is 80.2 cm³/mol. The fourth-order valence-corrected chi connectivity index (χ4v) is 2.73. The molecule has 6 nitrogen and oxygen atoms in total. The van der Waals surface area contributed by atoms with Crippen LogP contribution >= 0.6 is 11.3 Å². The molecule has 0 saturated carbocycles. The Balaban J connectivity index is 1.99. The van der Waals surface area contributed by atoms with Crippen molar-refractivity contribution >= 4 is 23.1 Å². The van der Waals surface area contributed by atoms with Crippen molar-refractivity contribution in [1.29, 1.82) is 0 Å². The average Bonchev–Trinajstić information content (AvgIpc) is 3.08. The minimum absolute atomic E-state index is 0.185. The van der Waals surface area contributed by atoms with E-state index in [4.69, 9.17) is 0 Å². The molecule has 23 heavy (non-hydrogen) atoms. The highest BCUT2D eigenvalue weighted by atomic mass is 32.1. The topological polar surface area (TPSA) is 71.8 Å². The van der Waals surface area contributed by atoms with E-state index >= 15 is 0 Å². The van der Waals surface area contributed by atoms with E-state index in [1.165, 1.54) is 11.3 Å². The number of alkyl halides is 3. The van der Waals surface area contributed by atoms with Gasteiger partial charge >= 0.3 is 12.2 Å². The quantitative estimate of drug-likeness (QED) is 0.871. The second kappa shape index (κ2) is 6.57. The van der Waals surface area contributed by atoms with E-state index in [2.05, 4.69) is 20.7 Å². The third kappa shape index (κ3) is 4.68. The summed E-state index contributed by atoms with van der Waals surface area (Å²) in [5.41, 5.74) is -0.468. The summed E-state index contributed by atoms with van der Waals surface area (Å²) in [7, 11) is 0. The lowest BCUT2D eigenvalue weighted by atomic mass is 10.0. The van der Waals surface area contributed by atoms with Crippen molar-refractivity contribution in [2.75, 3.05) is 5.32 Å². The van der Waals surface area contributed by atoms with Gasteiger partial charge in [0.25, 0.3) is 0 Å². The fraction of sp³-hybridized carbons (Fsp3) is 0.462. The van der Waals surface area contributed by atoms with Crippen molar-refractivity contribution in [2.24, 2.45) is 0 Å². The summed E-state index contributed by atoms with van der Waals surface area (Å²) in [6.07, 6.45) is 0.185. The maximum Gasteiger partial charge on any atom is 0.408 e. The van der Waals surface area contributed by atoms with Crippen LogP contribution in [0.25, 0.3) is 0 Å². The summed E-state index contributed by atoms with van der Waals surface area (Å²) in [6.45, 7) is 2.53. The Hall–Kier alpha value is -2.10. The number of carbonyl (C=O) groups is 1. The molecular formula is C13H16F3N5OS. The number of nitrogens with one attached hydrogen (secondary N) is 2. The van der Waals surface area contributed by atoms with Gasteiger partial charge in [-0.2, -0.15) is 18.3 Å². The number of carbonyl (C=O) groups excluding carboxylic acids is 1. The third-order valence-electron chi connectivity index (χ3n) is 3.23. The molecule has 0 aliphatic rings. The summed E-state index contributed by atoms with van der Waals surface area (Å²) in [6, 6.07) is -0.531. The molecule has 0 bridgehead atoms. The van der Waals surface area contributed by atoms with E-state index in [-0.39, 0.29) is 5.69 Å². The molecule has 2 aromatic rings. The molecule has 0 fully saturated rings. The van der Waals surface area contributed by atoms with E-state index in [1.54, 1.807) is 6.20 Å². The van der Waals surface area contributed by atoms with Gasteiger partial charge in [-0.05, 0) is 13.3 Å². The molecule has 2 N–H and O–H groups in total. The Bertz CT molecular complexity index is 655. The van der Waals surface area contributed by atoms with E-state index in [9.17, 15) is 18.0 Å². The molecule has 2 heterocycles. The number of halogens is 3. The highest BCUT2D eigenvalue weighted by Crippen LogP contribution is 2.26. The van der Waals surface area contributed by atoms with Crippen LogP contribution in [-0.2, 0) is 12.1 Å². The molecule has 0 aromatic carbocycles. The molecule has 0 unspecified atom stereocenters. The monoisotopic (exact) mass is 347 g/mol. The van der Waals surface area contributed by atoms with Gasteiger partial charge in [-0.15, -0.1) is 11.3 Å². The molecule has 2 rings (SSSR count). The molecular weight excluding hydrogens is 331 g/mol. The standard InChI is InChI=1S/C13H16F3N5OS/c1-3-12(2,10-17-4-5-23-10)20-11(22)19-9-6-18-21(7-9)8-13(14,15)16/h4-7H,3,8H2,1-2H3,(H2,19,20,22)/t12-/m0/s1. The summed E-state index contributed by atoms with van der Waals surface area (Å²) in [5.74, 6) is 0. The van der Waals surface area contributed by atoms with Gasteiger partial charge in [0.1, 0.15) is 11.6 Å². The Labute approximate surface area is 134 Å². The van der Waals surface area contributed by atoms with Crippen LogP contribution in [-0.4, -0.2) is 27.0 Å². The van der Waals surface area contributed by atoms with Crippen molar-refractivity contribution in [3.05, 3.63) is 29.0 Å². The van der Waals surface area contributed by atoms with Crippen LogP contribution < -0.4 is 10.6 Å². The van der Waals surface area contributed by atoms with Crippen LogP contribution in [0.4, 0.5) is 23.7 Å². The number of hydrogen-bond donors (Lipinski definition) is 2. The first-order valence-electron chi connectivity index (χ1n) is 6.80. The number of thiazole rings is 1. The van der Waals surface area contributed by atoms with Crippen LogP contribution in [0.5, 0.6) is 0 Å². The van der Waals surface area contributed by atoms with Gasteiger partial charge in [-0.3, -0.25) is 4.68 Å². The molecule has 126 valence electrons. The van der Waals surface area contributed by atoms with Crippen molar-refractivity contribution in [3.8, 4) is 0 Å². The van der Waals surface area contributed by atoms with Crippen LogP contribution in [0.1, 0.15) is 25.3 Å². The lowest BCUT2D eigenvalue weighted by Crippen LogP contribution is -2.45. The van der Waals surface area contributed by atoms with Crippen LogP contribution in [0.3, 0.4) is 0 Å². The van der Waals surface area contributed by atoms with Gasteiger partial charge < -0.3 is 10.6 Å². The number of anilines is 1. The number of amides is 2. The van der Waals surface area contributed by atoms with Gasteiger partial charge in [-0.1, -0.05) is 6.92 Å². The smallest absolute Gasteiger partial charge is 0.326 e. The first-order chi connectivity index (χ1) is 10.7. The molecule has 0 radical (unpaired) electrons. The van der Waals surface area contributed by atoms with Crippen molar-refractivity contribution < 1.29 is 18.0 Å². The third-order valence-corrected chi connectivity index (χ3v) is 4.27. The average molecular weight is 347 g/mol. The molecule has 0 spiro atoms. The zero-order chi connectivity index (χ0) is 17.1. The lowest BCUT2D eigenvalue weighted by molar-refractivity contribution is -0.142. The number of nitrogens with zero attached hydrogens (tertiary/aromatic N) is 3. The van der Waals surface area contributed by atoms with E-state index in [0.717, 1.165) is 22.1 Å². The van der Waals surface area contributed by atoms with Gasteiger partial charge in [0.05, 0.1) is 17.4 Å². The summed E-state index contributed by atoms with van der Waals surface area (Å²) >= 11 is 1.42. The maximum atomic E-state index is 12.3. The maximum absolute atomic E-state index is 12.3. The summed E-state index contributed by atoms with van der Waals surface area (Å²) < 4.78 is 37.5. The lowest BCUT2D eigenvalue weighted by Gasteiger charge is -2.27. The number of aromatic nitrogens is 3. The van der Waals surface area contributed by atoms with Crippen molar-refractivity contribution in [2.45, 2.75) is 38.5 Å². The highest BCUT2D eigenvalue weighted by Gasteiger charge is 2.30. The number of urea groups is 1. The number of hydrogen-bond acceptors (Lipinski definition) is 4. The summed E-state index contributed by atoms with van der Waals surface area (Å²) in [5, 5.41) is 11.4. The second-order valence-corrected chi connectivity index (χ2v) is 6.04. The predicted octanol–water partition coefficient (Wildman–Crippen LogP) is 3.35. The largest absolute Gasteiger partial charge is 0.408 e. The zero-order valence-corrected chi connectivity index (χ0v) is 13.3. The first-order valence-corrected chi connectivity index (χ1v) is 7.68. The van der Waals surface area contributed by atoms with E-state index < -0.39 is 24.3 Å². The molecule has 2 amide bonds. The molecule has 0 saturated heterocycles. The second-order valence-electron chi connectivity index (χ2n) is 5.14. The normalized spacial score (nSPS) is 14.3. The SMILES string of the molecule is CC[C@](C)(NC(=O)Nc1cnn(CC(F)(F)F)c1)c1nccs1.